The molecule has 2 aromatic rings. The molecule has 7 nitrogen and oxygen atoms in total. The Bertz CT molecular complexity index is 782. The number of carbonyl (C=O) groups is 2. The molecule has 0 aliphatic carbocycles. The normalized spacial score (nSPS) is 16.0. The van der Waals surface area contributed by atoms with Gasteiger partial charge in [-0.3, -0.25) is 9.59 Å². The van der Waals surface area contributed by atoms with Gasteiger partial charge in [0.15, 0.2) is 0 Å². The molecule has 1 atom stereocenters. The molecule has 28 heavy (non-hydrogen) atoms. The molecule has 0 saturated carbocycles. The van der Waals surface area contributed by atoms with Gasteiger partial charge in [-0.25, -0.2) is 4.98 Å². The minimum absolute atomic E-state index is 0.00904. The van der Waals surface area contributed by atoms with Crippen LogP contribution in [0.25, 0.3) is 0 Å². The largest absolute Gasteiger partial charge is 0.348 e. The fourth-order valence-corrected chi connectivity index (χ4v) is 3.68. The zero-order valence-electron chi connectivity index (χ0n) is 16.4. The van der Waals surface area contributed by atoms with Crippen LogP contribution < -0.4 is 11.1 Å². The van der Waals surface area contributed by atoms with Crippen molar-refractivity contribution in [2.45, 2.75) is 45.1 Å². The zero-order chi connectivity index (χ0) is 19.9. The second-order valence-electron chi connectivity index (χ2n) is 7.61. The second-order valence-corrected chi connectivity index (χ2v) is 7.61. The molecular weight excluding hydrogens is 354 g/mol. The summed E-state index contributed by atoms with van der Waals surface area (Å²) in [4.78, 5) is 33.5. The summed E-state index contributed by atoms with van der Waals surface area (Å²) >= 11 is 0. The number of anilines is 1. The van der Waals surface area contributed by atoms with Crippen molar-refractivity contribution in [2.24, 2.45) is 11.7 Å². The number of rotatable bonds is 7. The van der Waals surface area contributed by atoms with E-state index in [1.807, 2.05) is 36.1 Å². The van der Waals surface area contributed by atoms with Crippen molar-refractivity contribution in [1.29, 1.82) is 0 Å². The molecule has 1 aromatic heterocycles. The van der Waals surface area contributed by atoms with E-state index in [1.165, 1.54) is 0 Å². The number of aryl methyl sites for hydroxylation is 1. The Morgan fingerprint density at radius 1 is 1.36 bits per heavy atom. The van der Waals surface area contributed by atoms with Crippen LogP contribution in [0.1, 0.15) is 36.9 Å². The van der Waals surface area contributed by atoms with Crippen molar-refractivity contribution in [3.63, 3.8) is 0 Å². The van der Waals surface area contributed by atoms with Crippen molar-refractivity contribution in [3.05, 3.63) is 48.0 Å². The molecule has 0 unspecified atom stereocenters. The number of carbonyl (C=O) groups excluding carboxylic acids is 2. The van der Waals surface area contributed by atoms with Crippen LogP contribution in [0.4, 0.5) is 5.69 Å². The standard InChI is InChI=1S/C21H29N5O2/c1-15-3-2-4-17(11-15)25-20(27)6-5-16-7-9-26(10-8-16)21(28)19(22)12-18-13-23-14-24-18/h2-4,11,13-14,16,19H,5-10,12,22H2,1H3,(H,23,24)(H,25,27)/t19-/m0/s1. The number of H-pyrrole nitrogens is 1. The summed E-state index contributed by atoms with van der Waals surface area (Å²) in [5, 5.41) is 2.96. The first kappa shape index (κ1) is 20.1. The Balaban J connectivity index is 1.37. The van der Waals surface area contributed by atoms with Gasteiger partial charge in [0.05, 0.1) is 12.4 Å². The van der Waals surface area contributed by atoms with E-state index in [2.05, 4.69) is 15.3 Å². The molecule has 2 amide bonds. The molecule has 1 saturated heterocycles. The topological polar surface area (TPSA) is 104 Å². The van der Waals surface area contributed by atoms with Crippen LogP contribution in [0, 0.1) is 12.8 Å². The third kappa shape index (κ3) is 5.66. The van der Waals surface area contributed by atoms with Gasteiger partial charge in [0.2, 0.25) is 11.8 Å². The van der Waals surface area contributed by atoms with E-state index in [4.69, 9.17) is 5.73 Å². The number of nitrogens with two attached hydrogens (primary N) is 1. The number of aromatic amines is 1. The van der Waals surface area contributed by atoms with Crippen molar-refractivity contribution >= 4 is 17.5 Å². The van der Waals surface area contributed by atoms with Gasteiger partial charge in [0.1, 0.15) is 0 Å². The highest BCUT2D eigenvalue weighted by Gasteiger charge is 2.26. The van der Waals surface area contributed by atoms with Crippen molar-refractivity contribution in [2.75, 3.05) is 18.4 Å². The minimum atomic E-state index is -0.544. The van der Waals surface area contributed by atoms with Crippen LogP contribution in [0.15, 0.2) is 36.8 Å². The number of nitrogens with zero attached hydrogens (tertiary/aromatic N) is 2. The lowest BCUT2D eigenvalue weighted by Gasteiger charge is -2.33. The first-order valence-corrected chi connectivity index (χ1v) is 9.89. The van der Waals surface area contributed by atoms with Gasteiger partial charge >= 0.3 is 0 Å². The summed E-state index contributed by atoms with van der Waals surface area (Å²) < 4.78 is 0. The molecule has 2 heterocycles. The van der Waals surface area contributed by atoms with Crippen LogP contribution >= 0.6 is 0 Å². The number of piperidine rings is 1. The van der Waals surface area contributed by atoms with Crippen LogP contribution in [-0.2, 0) is 16.0 Å². The number of imidazole rings is 1. The highest BCUT2D eigenvalue weighted by atomic mass is 16.2. The Kier molecular flexibility index (Phi) is 6.81. The monoisotopic (exact) mass is 383 g/mol. The third-order valence-electron chi connectivity index (χ3n) is 5.32. The molecule has 1 fully saturated rings. The highest BCUT2D eigenvalue weighted by molar-refractivity contribution is 5.90. The number of likely N-dealkylation sites (tertiary alicyclic amines) is 1. The molecular formula is C21H29N5O2. The highest BCUT2D eigenvalue weighted by Crippen LogP contribution is 2.23. The quantitative estimate of drug-likeness (QED) is 0.682. The van der Waals surface area contributed by atoms with Crippen molar-refractivity contribution in [3.8, 4) is 0 Å². The smallest absolute Gasteiger partial charge is 0.239 e. The maximum Gasteiger partial charge on any atom is 0.239 e. The molecule has 7 heteroatoms. The number of amides is 2. The summed E-state index contributed by atoms with van der Waals surface area (Å²) in [6, 6.07) is 7.27. The van der Waals surface area contributed by atoms with Gasteiger partial charge in [-0.05, 0) is 49.8 Å². The summed E-state index contributed by atoms with van der Waals surface area (Å²) in [5.74, 6) is 0.507. The average Bonchev–Trinajstić information content (AvgIpc) is 3.19. The lowest BCUT2D eigenvalue weighted by Crippen LogP contribution is -2.48. The van der Waals surface area contributed by atoms with Gasteiger partial charge in [-0.15, -0.1) is 0 Å². The van der Waals surface area contributed by atoms with E-state index in [0.29, 0.717) is 31.8 Å². The maximum atomic E-state index is 12.5. The molecule has 1 aromatic carbocycles. The third-order valence-corrected chi connectivity index (χ3v) is 5.32. The Morgan fingerprint density at radius 2 is 2.14 bits per heavy atom. The van der Waals surface area contributed by atoms with Gasteiger partial charge in [0.25, 0.3) is 0 Å². The number of benzene rings is 1. The molecule has 0 spiro atoms. The molecule has 0 radical (unpaired) electrons. The van der Waals surface area contributed by atoms with E-state index < -0.39 is 6.04 Å². The van der Waals surface area contributed by atoms with Gasteiger partial charge in [-0.2, -0.15) is 0 Å². The summed E-state index contributed by atoms with van der Waals surface area (Å²) in [6.45, 7) is 3.42. The van der Waals surface area contributed by atoms with Crippen molar-refractivity contribution in [1.82, 2.24) is 14.9 Å². The lowest BCUT2D eigenvalue weighted by molar-refractivity contribution is -0.134. The minimum Gasteiger partial charge on any atom is -0.348 e. The first-order valence-electron chi connectivity index (χ1n) is 9.89. The predicted octanol–water partition coefficient (Wildman–Crippen LogP) is 2.25. The molecule has 1 aliphatic rings. The Morgan fingerprint density at radius 3 is 2.82 bits per heavy atom. The number of nitrogens with one attached hydrogen (secondary N) is 2. The molecule has 1 aliphatic heterocycles. The fraction of sp³-hybridized carbons (Fsp3) is 0.476. The van der Waals surface area contributed by atoms with E-state index in [1.54, 1.807) is 12.5 Å². The Labute approximate surface area is 165 Å². The molecule has 150 valence electrons. The summed E-state index contributed by atoms with van der Waals surface area (Å²) in [6.07, 6.45) is 6.94. The van der Waals surface area contributed by atoms with Crippen molar-refractivity contribution < 1.29 is 9.59 Å². The fourth-order valence-electron chi connectivity index (χ4n) is 3.68. The average molecular weight is 383 g/mol. The summed E-state index contributed by atoms with van der Waals surface area (Å²) in [7, 11) is 0. The molecule has 3 rings (SSSR count). The predicted molar refractivity (Wildman–Crippen MR) is 109 cm³/mol. The first-order chi connectivity index (χ1) is 13.5. The Hall–Kier alpha value is -2.67. The number of aromatic nitrogens is 2. The van der Waals surface area contributed by atoms with Crippen LogP contribution in [-0.4, -0.2) is 45.8 Å². The maximum absolute atomic E-state index is 12.5. The van der Waals surface area contributed by atoms with Gasteiger partial charge < -0.3 is 20.9 Å². The van der Waals surface area contributed by atoms with Gasteiger partial charge in [-0.1, -0.05) is 12.1 Å². The number of hydrogen-bond acceptors (Lipinski definition) is 4. The zero-order valence-corrected chi connectivity index (χ0v) is 16.4. The van der Waals surface area contributed by atoms with E-state index >= 15 is 0 Å². The van der Waals surface area contributed by atoms with Crippen LogP contribution in [0.2, 0.25) is 0 Å². The van der Waals surface area contributed by atoms with Crippen LogP contribution in [0.3, 0.4) is 0 Å². The molecule has 0 bridgehead atoms. The van der Waals surface area contributed by atoms with Gasteiger partial charge in [0, 0.05) is 43.5 Å². The second kappa shape index (κ2) is 9.50. The number of hydrogen-bond donors (Lipinski definition) is 3. The summed E-state index contributed by atoms with van der Waals surface area (Å²) in [5.41, 5.74) is 8.90. The SMILES string of the molecule is Cc1cccc(NC(=O)CCC2CCN(C(=O)[C@@H](N)Cc3cnc[nH]3)CC2)c1. The van der Waals surface area contributed by atoms with E-state index in [9.17, 15) is 9.59 Å². The molecule has 4 N–H and O–H groups in total. The lowest BCUT2D eigenvalue weighted by atomic mass is 9.91. The van der Waals surface area contributed by atoms with E-state index in [0.717, 1.165) is 36.2 Å². The van der Waals surface area contributed by atoms with E-state index in [-0.39, 0.29) is 11.8 Å². The van der Waals surface area contributed by atoms with Crippen LogP contribution in [0.5, 0.6) is 0 Å².